The van der Waals surface area contributed by atoms with Crippen LogP contribution in [0.2, 0.25) is 0 Å². The van der Waals surface area contributed by atoms with Crippen molar-refractivity contribution in [2.75, 3.05) is 18.6 Å². The normalized spacial score (nSPS) is 24.1. The molecular weight excluding hydrogens is 236 g/mol. The minimum atomic E-state index is -0.935. The summed E-state index contributed by atoms with van der Waals surface area (Å²) in [6, 6.07) is 9.35. The molecule has 2 rings (SSSR count). The van der Waals surface area contributed by atoms with Crippen molar-refractivity contribution in [3.63, 3.8) is 0 Å². The third-order valence-corrected chi connectivity index (χ3v) is 3.50. The molecule has 0 aromatic heterocycles. The van der Waals surface area contributed by atoms with E-state index in [1.54, 1.807) is 0 Å². The van der Waals surface area contributed by atoms with Crippen molar-refractivity contribution in [2.45, 2.75) is 5.54 Å². The van der Waals surface area contributed by atoms with Crippen molar-refractivity contribution in [1.82, 2.24) is 10.6 Å². The van der Waals surface area contributed by atoms with Gasteiger partial charge in [-0.1, -0.05) is 30.3 Å². The summed E-state index contributed by atoms with van der Waals surface area (Å²) in [6.07, 6.45) is 1.92. The second kappa shape index (κ2) is 4.79. The van der Waals surface area contributed by atoms with Crippen molar-refractivity contribution in [1.29, 1.82) is 0 Å². The highest BCUT2D eigenvalue weighted by Crippen LogP contribution is 2.26. The number of piperazine rings is 1. The number of carbonyl (C=O) groups excluding carboxylic acids is 2. The molecule has 1 aromatic rings. The van der Waals surface area contributed by atoms with E-state index >= 15 is 0 Å². The topological polar surface area (TPSA) is 58.2 Å². The molecule has 2 N–H and O–H groups in total. The molecule has 0 unspecified atom stereocenters. The average molecular weight is 250 g/mol. The Morgan fingerprint density at radius 2 is 2.00 bits per heavy atom. The first-order valence-electron chi connectivity index (χ1n) is 5.33. The molecular formula is C12H14N2O2S. The van der Waals surface area contributed by atoms with Crippen LogP contribution in [0.4, 0.5) is 0 Å². The minimum Gasteiger partial charge on any atom is -0.345 e. The van der Waals surface area contributed by atoms with Crippen LogP contribution in [0.3, 0.4) is 0 Å². The van der Waals surface area contributed by atoms with Gasteiger partial charge in [0.25, 0.3) is 5.91 Å². The molecule has 0 spiro atoms. The Morgan fingerprint density at radius 3 is 2.65 bits per heavy atom. The summed E-state index contributed by atoms with van der Waals surface area (Å²) in [6.45, 7) is 0.0573. The summed E-state index contributed by atoms with van der Waals surface area (Å²) in [5.41, 5.74) is -0.115. The molecule has 0 bridgehead atoms. The highest BCUT2D eigenvalue weighted by atomic mass is 32.2. The SMILES string of the molecule is CSC[C@]1(c2ccccc2)NC(=O)CNC1=O. The Balaban J connectivity index is 2.44. The first-order valence-corrected chi connectivity index (χ1v) is 6.72. The molecule has 0 saturated carbocycles. The van der Waals surface area contributed by atoms with Crippen molar-refractivity contribution in [2.24, 2.45) is 0 Å². The lowest BCUT2D eigenvalue weighted by molar-refractivity contribution is -0.138. The summed E-state index contributed by atoms with van der Waals surface area (Å²) >= 11 is 1.53. The van der Waals surface area contributed by atoms with Crippen molar-refractivity contribution in [3.05, 3.63) is 35.9 Å². The first-order chi connectivity index (χ1) is 8.19. The molecule has 90 valence electrons. The van der Waals surface area contributed by atoms with Gasteiger partial charge in [0.2, 0.25) is 5.91 Å². The van der Waals surface area contributed by atoms with Crippen LogP contribution in [0.25, 0.3) is 0 Å². The Labute approximate surface area is 104 Å². The van der Waals surface area contributed by atoms with Gasteiger partial charge in [-0.15, -0.1) is 0 Å². The van der Waals surface area contributed by atoms with Crippen molar-refractivity contribution < 1.29 is 9.59 Å². The third kappa shape index (κ3) is 2.15. The van der Waals surface area contributed by atoms with Gasteiger partial charge >= 0.3 is 0 Å². The number of benzene rings is 1. The molecule has 0 aliphatic carbocycles. The Hall–Kier alpha value is -1.49. The molecule has 1 saturated heterocycles. The third-order valence-electron chi connectivity index (χ3n) is 2.78. The molecule has 0 radical (unpaired) electrons. The van der Waals surface area contributed by atoms with E-state index in [1.165, 1.54) is 11.8 Å². The van der Waals surface area contributed by atoms with Crippen LogP contribution < -0.4 is 10.6 Å². The van der Waals surface area contributed by atoms with Crippen LogP contribution >= 0.6 is 11.8 Å². The number of nitrogens with one attached hydrogen (secondary N) is 2. The Kier molecular flexibility index (Phi) is 3.38. The number of thioether (sulfide) groups is 1. The maximum absolute atomic E-state index is 12.1. The molecule has 1 aliphatic heterocycles. The molecule has 1 fully saturated rings. The average Bonchev–Trinajstić information content (AvgIpc) is 2.35. The van der Waals surface area contributed by atoms with E-state index in [-0.39, 0.29) is 18.4 Å². The first kappa shape index (κ1) is 12.0. The zero-order valence-electron chi connectivity index (χ0n) is 9.53. The van der Waals surface area contributed by atoms with E-state index in [0.717, 1.165) is 5.56 Å². The van der Waals surface area contributed by atoms with Crippen molar-refractivity contribution in [3.8, 4) is 0 Å². The Bertz CT molecular complexity index is 435. The fourth-order valence-electron chi connectivity index (χ4n) is 1.98. The number of rotatable bonds is 3. The van der Waals surface area contributed by atoms with E-state index in [1.807, 2.05) is 36.6 Å². The number of hydrogen-bond donors (Lipinski definition) is 2. The molecule has 1 aliphatic rings. The van der Waals surface area contributed by atoms with E-state index in [4.69, 9.17) is 0 Å². The monoisotopic (exact) mass is 250 g/mol. The van der Waals surface area contributed by atoms with Gasteiger partial charge in [0.1, 0.15) is 0 Å². The van der Waals surface area contributed by atoms with Gasteiger partial charge in [-0.3, -0.25) is 9.59 Å². The fraction of sp³-hybridized carbons (Fsp3) is 0.333. The van der Waals surface area contributed by atoms with Crippen LogP contribution in [0.1, 0.15) is 5.56 Å². The molecule has 1 atom stereocenters. The van der Waals surface area contributed by atoms with Gasteiger partial charge < -0.3 is 10.6 Å². The molecule has 4 nitrogen and oxygen atoms in total. The quantitative estimate of drug-likeness (QED) is 0.821. The Morgan fingerprint density at radius 1 is 1.29 bits per heavy atom. The fourth-order valence-corrected chi connectivity index (χ4v) is 2.78. The van der Waals surface area contributed by atoms with Gasteiger partial charge in [-0.05, 0) is 11.8 Å². The molecule has 5 heteroatoms. The summed E-state index contributed by atoms with van der Waals surface area (Å²) in [5.74, 6) is 0.231. The van der Waals surface area contributed by atoms with E-state index in [9.17, 15) is 9.59 Å². The maximum atomic E-state index is 12.1. The van der Waals surface area contributed by atoms with E-state index in [2.05, 4.69) is 10.6 Å². The summed E-state index contributed by atoms with van der Waals surface area (Å²) in [7, 11) is 0. The minimum absolute atomic E-state index is 0.0573. The van der Waals surface area contributed by atoms with Crippen molar-refractivity contribution >= 4 is 23.6 Å². The van der Waals surface area contributed by atoms with E-state index < -0.39 is 5.54 Å². The zero-order valence-corrected chi connectivity index (χ0v) is 10.3. The lowest BCUT2D eigenvalue weighted by atomic mass is 9.89. The van der Waals surface area contributed by atoms with Crippen LogP contribution in [-0.4, -0.2) is 30.4 Å². The highest BCUT2D eigenvalue weighted by molar-refractivity contribution is 7.98. The lowest BCUT2D eigenvalue weighted by Crippen LogP contribution is -2.64. The molecule has 1 aromatic carbocycles. The predicted molar refractivity (Wildman–Crippen MR) is 67.7 cm³/mol. The number of hydrogen-bond acceptors (Lipinski definition) is 3. The maximum Gasteiger partial charge on any atom is 0.251 e. The second-order valence-electron chi connectivity index (χ2n) is 3.94. The van der Waals surface area contributed by atoms with Crippen LogP contribution in [0, 0.1) is 0 Å². The van der Waals surface area contributed by atoms with Gasteiger partial charge in [0.05, 0.1) is 6.54 Å². The van der Waals surface area contributed by atoms with Gasteiger partial charge in [0, 0.05) is 5.75 Å². The number of carbonyl (C=O) groups is 2. The summed E-state index contributed by atoms with van der Waals surface area (Å²) < 4.78 is 0. The van der Waals surface area contributed by atoms with Gasteiger partial charge in [0.15, 0.2) is 5.54 Å². The van der Waals surface area contributed by atoms with Crippen LogP contribution in [-0.2, 0) is 15.1 Å². The molecule has 17 heavy (non-hydrogen) atoms. The highest BCUT2D eigenvalue weighted by Gasteiger charge is 2.43. The largest absolute Gasteiger partial charge is 0.345 e. The smallest absolute Gasteiger partial charge is 0.251 e. The number of amides is 2. The summed E-state index contributed by atoms with van der Waals surface area (Å²) in [4.78, 5) is 23.7. The standard InChI is InChI=1S/C12H14N2O2S/c1-17-8-12(9-5-3-2-4-6-9)11(16)13-7-10(15)14-12/h2-6H,7-8H2,1H3,(H,13,16)(H,14,15)/t12-/m1/s1. The van der Waals surface area contributed by atoms with Gasteiger partial charge in [-0.2, -0.15) is 11.8 Å². The van der Waals surface area contributed by atoms with Crippen LogP contribution in [0.5, 0.6) is 0 Å². The lowest BCUT2D eigenvalue weighted by Gasteiger charge is -2.36. The van der Waals surface area contributed by atoms with Gasteiger partial charge in [-0.25, -0.2) is 0 Å². The van der Waals surface area contributed by atoms with E-state index in [0.29, 0.717) is 5.75 Å². The zero-order chi connectivity index (χ0) is 12.3. The molecule has 2 amide bonds. The second-order valence-corrected chi connectivity index (χ2v) is 4.80. The molecule has 1 heterocycles. The predicted octanol–water partition coefficient (Wildman–Crippen LogP) is 0.491. The van der Waals surface area contributed by atoms with Crippen LogP contribution in [0.15, 0.2) is 30.3 Å². The summed E-state index contributed by atoms with van der Waals surface area (Å²) in [5, 5.41) is 5.47.